The molecule has 18 heavy (non-hydrogen) atoms. The molecular formula is C13H20N4S. The molecule has 3 heterocycles. The molecule has 0 bridgehead atoms. The van der Waals surface area contributed by atoms with Gasteiger partial charge in [0.2, 0.25) is 10.1 Å². The van der Waals surface area contributed by atoms with Crippen molar-refractivity contribution in [2.45, 2.75) is 40.7 Å². The van der Waals surface area contributed by atoms with E-state index in [1.54, 1.807) is 11.3 Å². The molecule has 1 aliphatic heterocycles. The van der Waals surface area contributed by atoms with Crippen LogP contribution in [-0.4, -0.2) is 27.2 Å². The third-order valence-corrected chi connectivity index (χ3v) is 4.70. The van der Waals surface area contributed by atoms with E-state index in [1.807, 2.05) is 17.6 Å². The first-order chi connectivity index (χ1) is 8.38. The van der Waals surface area contributed by atoms with Gasteiger partial charge in [-0.2, -0.15) is 0 Å². The molecule has 5 heteroatoms. The fraction of sp³-hybridized carbons (Fsp3) is 0.692. The first-order valence-corrected chi connectivity index (χ1v) is 7.29. The number of anilines is 1. The Morgan fingerprint density at radius 3 is 2.72 bits per heavy atom. The molecule has 0 N–H and O–H groups in total. The van der Waals surface area contributed by atoms with E-state index >= 15 is 0 Å². The molecule has 1 saturated heterocycles. The molecule has 2 aromatic heterocycles. The number of hydrogen-bond donors (Lipinski definition) is 0. The summed E-state index contributed by atoms with van der Waals surface area (Å²) in [4.78, 5) is 7.90. The van der Waals surface area contributed by atoms with Crippen LogP contribution >= 0.6 is 11.3 Å². The standard InChI is InChI=1S/C13H20N4S/c1-8(2)10-13(4,5)7-16(10)12-15-17-6-9(3)14-11(17)18-12/h6,8,10H,7H2,1-5H3/t10-/m0/s1. The summed E-state index contributed by atoms with van der Waals surface area (Å²) in [6.45, 7) is 12.4. The van der Waals surface area contributed by atoms with Gasteiger partial charge in [-0.25, -0.2) is 9.50 Å². The van der Waals surface area contributed by atoms with Crippen LogP contribution in [0.5, 0.6) is 0 Å². The molecule has 3 rings (SSSR count). The molecule has 0 unspecified atom stereocenters. The van der Waals surface area contributed by atoms with Gasteiger partial charge >= 0.3 is 0 Å². The van der Waals surface area contributed by atoms with E-state index in [0.717, 1.165) is 22.3 Å². The largest absolute Gasteiger partial charge is 0.342 e. The minimum absolute atomic E-state index is 0.387. The molecule has 0 aromatic carbocycles. The van der Waals surface area contributed by atoms with Gasteiger partial charge in [0.25, 0.3) is 0 Å². The lowest BCUT2D eigenvalue weighted by Crippen LogP contribution is -2.64. The van der Waals surface area contributed by atoms with Crippen molar-refractivity contribution >= 4 is 21.4 Å². The van der Waals surface area contributed by atoms with Crippen molar-refractivity contribution in [1.29, 1.82) is 0 Å². The van der Waals surface area contributed by atoms with Crippen LogP contribution in [0.1, 0.15) is 33.4 Å². The molecule has 1 aliphatic rings. The lowest BCUT2D eigenvalue weighted by molar-refractivity contribution is 0.135. The van der Waals surface area contributed by atoms with Gasteiger partial charge in [-0.3, -0.25) is 0 Å². The topological polar surface area (TPSA) is 33.4 Å². The van der Waals surface area contributed by atoms with Crippen LogP contribution in [0.25, 0.3) is 4.96 Å². The number of hydrogen-bond acceptors (Lipinski definition) is 4. The molecule has 2 aromatic rings. The Morgan fingerprint density at radius 1 is 1.44 bits per heavy atom. The van der Waals surface area contributed by atoms with Gasteiger partial charge in [0.15, 0.2) is 0 Å². The molecule has 4 nitrogen and oxygen atoms in total. The van der Waals surface area contributed by atoms with Crippen molar-refractivity contribution in [3.8, 4) is 0 Å². The zero-order valence-electron chi connectivity index (χ0n) is 11.6. The predicted molar refractivity (Wildman–Crippen MR) is 75.4 cm³/mol. The number of rotatable bonds is 2. The number of aromatic nitrogens is 3. The van der Waals surface area contributed by atoms with Gasteiger partial charge in [-0.05, 0) is 12.8 Å². The van der Waals surface area contributed by atoms with E-state index in [4.69, 9.17) is 0 Å². The second-order valence-electron chi connectivity index (χ2n) is 6.30. The Kier molecular flexibility index (Phi) is 2.46. The lowest BCUT2D eigenvalue weighted by Gasteiger charge is -2.56. The lowest BCUT2D eigenvalue weighted by atomic mass is 9.70. The van der Waals surface area contributed by atoms with E-state index in [2.05, 4.69) is 42.7 Å². The average Bonchev–Trinajstić information content (AvgIpc) is 2.69. The molecular weight excluding hydrogens is 244 g/mol. The van der Waals surface area contributed by atoms with Gasteiger partial charge in [0.05, 0.1) is 11.9 Å². The molecule has 0 amide bonds. The summed E-state index contributed by atoms with van der Waals surface area (Å²) in [7, 11) is 0. The Labute approximate surface area is 112 Å². The Morgan fingerprint density at radius 2 is 2.17 bits per heavy atom. The molecule has 0 spiro atoms. The summed E-state index contributed by atoms with van der Waals surface area (Å²) in [5, 5.41) is 5.76. The maximum Gasteiger partial charge on any atom is 0.214 e. The quantitative estimate of drug-likeness (QED) is 0.836. The van der Waals surface area contributed by atoms with Gasteiger partial charge in [-0.15, -0.1) is 5.10 Å². The number of nitrogens with zero attached hydrogens (tertiary/aromatic N) is 4. The Bertz CT molecular complexity index is 549. The van der Waals surface area contributed by atoms with Gasteiger partial charge < -0.3 is 4.90 Å². The van der Waals surface area contributed by atoms with Crippen LogP contribution in [0.15, 0.2) is 6.20 Å². The van der Waals surface area contributed by atoms with Crippen LogP contribution in [0.2, 0.25) is 0 Å². The molecule has 1 atom stereocenters. The summed E-state index contributed by atoms with van der Waals surface area (Å²) in [6.07, 6.45) is 1.99. The van der Waals surface area contributed by atoms with E-state index in [-0.39, 0.29) is 0 Å². The maximum atomic E-state index is 4.65. The minimum Gasteiger partial charge on any atom is -0.342 e. The zero-order valence-corrected chi connectivity index (χ0v) is 12.5. The van der Waals surface area contributed by atoms with Gasteiger partial charge in [-0.1, -0.05) is 39.0 Å². The van der Waals surface area contributed by atoms with Crippen LogP contribution in [0.4, 0.5) is 5.13 Å². The summed E-state index contributed by atoms with van der Waals surface area (Å²) in [5.74, 6) is 0.645. The zero-order chi connectivity index (χ0) is 13.1. The highest BCUT2D eigenvalue weighted by Crippen LogP contribution is 2.44. The average molecular weight is 264 g/mol. The highest BCUT2D eigenvalue weighted by Gasteiger charge is 2.48. The van der Waals surface area contributed by atoms with E-state index in [1.165, 1.54) is 0 Å². The van der Waals surface area contributed by atoms with E-state index in [0.29, 0.717) is 17.4 Å². The van der Waals surface area contributed by atoms with Crippen LogP contribution in [0, 0.1) is 18.3 Å². The van der Waals surface area contributed by atoms with Crippen molar-refractivity contribution in [3.05, 3.63) is 11.9 Å². The first kappa shape index (κ1) is 12.0. The Hall–Kier alpha value is -1.10. The predicted octanol–water partition coefficient (Wildman–Crippen LogP) is 2.97. The van der Waals surface area contributed by atoms with Crippen LogP contribution in [0.3, 0.4) is 0 Å². The second-order valence-corrected chi connectivity index (χ2v) is 7.23. The third kappa shape index (κ3) is 1.64. The number of aryl methyl sites for hydroxylation is 1. The fourth-order valence-corrected chi connectivity index (χ4v) is 4.27. The van der Waals surface area contributed by atoms with Crippen molar-refractivity contribution in [1.82, 2.24) is 14.6 Å². The SMILES string of the molecule is Cc1cn2nc(N3CC(C)(C)[C@@H]3C(C)C)sc2n1. The summed E-state index contributed by atoms with van der Waals surface area (Å²) in [5.41, 5.74) is 1.42. The summed E-state index contributed by atoms with van der Waals surface area (Å²) >= 11 is 1.69. The molecule has 0 radical (unpaired) electrons. The van der Waals surface area contributed by atoms with Crippen molar-refractivity contribution < 1.29 is 0 Å². The normalized spacial score (nSPS) is 22.8. The summed E-state index contributed by atoms with van der Waals surface area (Å²) < 4.78 is 1.90. The number of fused-ring (bicyclic) bond motifs is 1. The molecule has 1 fully saturated rings. The minimum atomic E-state index is 0.387. The third-order valence-electron chi connectivity index (χ3n) is 3.74. The first-order valence-electron chi connectivity index (χ1n) is 6.48. The number of imidazole rings is 1. The monoisotopic (exact) mass is 264 g/mol. The fourth-order valence-electron chi connectivity index (χ4n) is 3.30. The molecule has 0 saturated carbocycles. The van der Waals surface area contributed by atoms with Crippen molar-refractivity contribution in [3.63, 3.8) is 0 Å². The van der Waals surface area contributed by atoms with Crippen LogP contribution < -0.4 is 4.90 Å². The van der Waals surface area contributed by atoms with Crippen molar-refractivity contribution in [2.24, 2.45) is 11.3 Å². The maximum absolute atomic E-state index is 4.65. The van der Waals surface area contributed by atoms with Gasteiger partial charge in [0, 0.05) is 18.0 Å². The second kappa shape index (κ2) is 3.70. The smallest absolute Gasteiger partial charge is 0.214 e. The summed E-state index contributed by atoms with van der Waals surface area (Å²) in [6, 6.07) is 0.578. The van der Waals surface area contributed by atoms with E-state index in [9.17, 15) is 0 Å². The Balaban J connectivity index is 1.93. The highest BCUT2D eigenvalue weighted by atomic mass is 32.1. The highest BCUT2D eigenvalue weighted by molar-refractivity contribution is 7.20. The van der Waals surface area contributed by atoms with Gasteiger partial charge in [0.1, 0.15) is 0 Å². The van der Waals surface area contributed by atoms with Crippen LogP contribution in [-0.2, 0) is 0 Å². The van der Waals surface area contributed by atoms with E-state index < -0.39 is 0 Å². The molecule has 0 aliphatic carbocycles. The van der Waals surface area contributed by atoms with Crippen molar-refractivity contribution in [2.75, 3.05) is 11.4 Å². The molecule has 98 valence electrons.